The van der Waals surface area contributed by atoms with Crippen LogP contribution in [0.5, 0.6) is 0 Å². The van der Waals surface area contributed by atoms with E-state index in [0.717, 1.165) is 12.3 Å². The largest absolute Gasteiger partial charge is 0.287 e. The molecule has 0 atom stereocenters. The first-order valence-electron chi connectivity index (χ1n) is 3.10. The second-order valence-corrected chi connectivity index (χ2v) is 2.97. The normalized spacial score (nSPS) is 10.5. The molecule has 70 valence electrons. The molecule has 0 radical (unpaired) electrons. The summed E-state index contributed by atoms with van der Waals surface area (Å²) in [7, 11) is 0. The van der Waals surface area contributed by atoms with Crippen molar-refractivity contribution in [3.05, 3.63) is 32.5 Å². The van der Waals surface area contributed by atoms with Gasteiger partial charge in [0.2, 0.25) is 0 Å². The fourth-order valence-corrected chi connectivity index (χ4v) is 1.06. The number of rotatable bonds is 2. The highest BCUT2D eigenvalue weighted by molar-refractivity contribution is 9.10. The Morgan fingerprint density at radius 3 is 2.69 bits per heavy atom. The van der Waals surface area contributed by atoms with Crippen molar-refractivity contribution in [3.8, 4) is 0 Å². The second-order valence-electron chi connectivity index (χ2n) is 2.12. The van der Waals surface area contributed by atoms with Crippen LogP contribution in [0.2, 0.25) is 0 Å². The number of nitro groups is 1. The maximum absolute atomic E-state index is 12.0. The highest BCUT2D eigenvalue weighted by atomic mass is 79.9. The molecule has 0 bridgehead atoms. The molecule has 13 heavy (non-hydrogen) atoms. The van der Waals surface area contributed by atoms with Gasteiger partial charge in [0.1, 0.15) is 10.2 Å². The summed E-state index contributed by atoms with van der Waals surface area (Å²) >= 11 is 2.83. The smallest absolute Gasteiger partial charge is 0.258 e. The van der Waals surface area contributed by atoms with Crippen molar-refractivity contribution >= 4 is 21.6 Å². The number of aromatic nitrogens is 1. The molecule has 1 aromatic heterocycles. The van der Waals surface area contributed by atoms with Gasteiger partial charge in [-0.2, -0.15) is 0 Å². The quantitative estimate of drug-likeness (QED) is 0.601. The van der Waals surface area contributed by atoms with Crippen LogP contribution < -0.4 is 0 Å². The number of nitrogens with zero attached hydrogens (tertiary/aromatic N) is 2. The lowest BCUT2D eigenvalue weighted by atomic mass is 10.3. The van der Waals surface area contributed by atoms with Gasteiger partial charge in [0.25, 0.3) is 12.1 Å². The summed E-state index contributed by atoms with van der Waals surface area (Å²) in [5.74, 6) is 0. The van der Waals surface area contributed by atoms with Gasteiger partial charge in [-0.1, -0.05) is 0 Å². The first-order chi connectivity index (χ1) is 6.02. The minimum atomic E-state index is -2.80. The molecule has 0 N–H and O–H groups in total. The number of hydrogen-bond acceptors (Lipinski definition) is 3. The zero-order valence-corrected chi connectivity index (χ0v) is 7.66. The third-order valence-corrected chi connectivity index (χ3v) is 1.89. The molecule has 0 aliphatic carbocycles. The summed E-state index contributed by atoms with van der Waals surface area (Å²) in [6.45, 7) is 0. The third-order valence-electron chi connectivity index (χ3n) is 1.28. The first-order valence-corrected chi connectivity index (χ1v) is 3.89. The van der Waals surface area contributed by atoms with Gasteiger partial charge in [0, 0.05) is 12.3 Å². The predicted molar refractivity (Wildman–Crippen MR) is 43.5 cm³/mol. The van der Waals surface area contributed by atoms with E-state index in [1.54, 1.807) is 0 Å². The second kappa shape index (κ2) is 3.73. The van der Waals surface area contributed by atoms with E-state index in [2.05, 4.69) is 20.9 Å². The van der Waals surface area contributed by atoms with E-state index in [0.29, 0.717) is 0 Å². The van der Waals surface area contributed by atoms with E-state index in [-0.39, 0.29) is 4.47 Å². The molecule has 0 aliphatic rings. The van der Waals surface area contributed by atoms with Crippen LogP contribution in [0.1, 0.15) is 12.1 Å². The van der Waals surface area contributed by atoms with Crippen LogP contribution in [0.25, 0.3) is 0 Å². The van der Waals surface area contributed by atoms with Crippen LogP contribution in [0.3, 0.4) is 0 Å². The van der Waals surface area contributed by atoms with Crippen molar-refractivity contribution in [2.24, 2.45) is 0 Å². The van der Waals surface area contributed by atoms with Crippen molar-refractivity contribution < 1.29 is 13.7 Å². The molecule has 0 amide bonds. The molecule has 1 heterocycles. The van der Waals surface area contributed by atoms with E-state index in [1.807, 2.05) is 0 Å². The molecule has 0 aromatic carbocycles. The molecular weight excluding hydrogens is 250 g/mol. The maximum Gasteiger partial charge on any atom is 0.287 e. The number of halogens is 3. The van der Waals surface area contributed by atoms with Crippen molar-refractivity contribution in [3.63, 3.8) is 0 Å². The Balaban J connectivity index is 3.19. The van der Waals surface area contributed by atoms with Crippen molar-refractivity contribution in [1.82, 2.24) is 4.98 Å². The molecule has 4 nitrogen and oxygen atoms in total. The average molecular weight is 253 g/mol. The summed E-state index contributed by atoms with van der Waals surface area (Å²) in [4.78, 5) is 12.9. The lowest BCUT2D eigenvalue weighted by Gasteiger charge is -1.99. The zero-order chi connectivity index (χ0) is 10.0. The summed E-state index contributed by atoms with van der Waals surface area (Å²) in [5.41, 5.74) is -1.01. The molecule has 0 spiro atoms. The lowest BCUT2D eigenvalue weighted by molar-refractivity contribution is -0.385. The molecule has 1 rings (SSSR count). The Morgan fingerprint density at radius 2 is 2.23 bits per heavy atom. The van der Waals surface area contributed by atoms with Gasteiger partial charge in [-0.15, -0.1) is 0 Å². The van der Waals surface area contributed by atoms with E-state index in [4.69, 9.17) is 0 Å². The number of pyridine rings is 1. The van der Waals surface area contributed by atoms with Gasteiger partial charge >= 0.3 is 0 Å². The van der Waals surface area contributed by atoms with Gasteiger partial charge in [-0.3, -0.25) is 15.1 Å². The Kier molecular flexibility index (Phi) is 2.86. The fraction of sp³-hybridized carbons (Fsp3) is 0.167. The highest BCUT2D eigenvalue weighted by Gasteiger charge is 2.17. The predicted octanol–water partition coefficient (Wildman–Crippen LogP) is 2.69. The average Bonchev–Trinajstić information content (AvgIpc) is 2.04. The molecule has 0 unspecified atom stereocenters. The van der Waals surface area contributed by atoms with E-state index in [1.165, 1.54) is 0 Å². The first kappa shape index (κ1) is 9.97. The van der Waals surface area contributed by atoms with E-state index >= 15 is 0 Å². The molecule has 0 saturated heterocycles. The minimum absolute atomic E-state index is 0.0851. The highest BCUT2D eigenvalue weighted by Crippen LogP contribution is 2.27. The van der Waals surface area contributed by atoms with Crippen LogP contribution in [-0.4, -0.2) is 9.91 Å². The SMILES string of the molecule is O=[N+]([O-])c1cc(C(F)F)ncc1Br. The summed E-state index contributed by atoms with van der Waals surface area (Å²) < 4.78 is 24.2. The monoisotopic (exact) mass is 252 g/mol. The van der Waals surface area contributed by atoms with Gasteiger partial charge in [-0.05, 0) is 15.9 Å². The van der Waals surface area contributed by atoms with Crippen LogP contribution in [0.15, 0.2) is 16.7 Å². The zero-order valence-electron chi connectivity index (χ0n) is 6.08. The summed E-state index contributed by atoms with van der Waals surface area (Å²) in [6.07, 6.45) is -1.81. The van der Waals surface area contributed by atoms with Gasteiger partial charge in [0.15, 0.2) is 0 Å². The van der Waals surface area contributed by atoms with Crippen LogP contribution >= 0.6 is 15.9 Å². The number of alkyl halides is 2. The van der Waals surface area contributed by atoms with Gasteiger partial charge < -0.3 is 0 Å². The molecule has 0 fully saturated rings. The molecule has 0 aliphatic heterocycles. The van der Waals surface area contributed by atoms with Gasteiger partial charge in [-0.25, -0.2) is 8.78 Å². The molecule has 0 saturated carbocycles. The summed E-state index contributed by atoms with van der Waals surface area (Å²) in [5, 5.41) is 10.3. The Hall–Kier alpha value is -1.11. The maximum atomic E-state index is 12.0. The van der Waals surface area contributed by atoms with Crippen LogP contribution in [-0.2, 0) is 0 Å². The third kappa shape index (κ3) is 2.18. The minimum Gasteiger partial charge on any atom is -0.258 e. The van der Waals surface area contributed by atoms with Crippen LogP contribution in [0.4, 0.5) is 14.5 Å². The Labute approximate surface area is 79.9 Å². The van der Waals surface area contributed by atoms with Crippen molar-refractivity contribution in [2.45, 2.75) is 6.43 Å². The Morgan fingerprint density at radius 1 is 1.62 bits per heavy atom. The van der Waals surface area contributed by atoms with E-state index < -0.39 is 22.7 Å². The number of hydrogen-bond donors (Lipinski definition) is 0. The van der Waals surface area contributed by atoms with Crippen LogP contribution in [0, 0.1) is 10.1 Å². The fourth-order valence-electron chi connectivity index (χ4n) is 0.703. The summed E-state index contributed by atoms with van der Waals surface area (Å²) in [6, 6.07) is 0.745. The van der Waals surface area contributed by atoms with Crippen molar-refractivity contribution in [2.75, 3.05) is 0 Å². The molecule has 1 aromatic rings. The van der Waals surface area contributed by atoms with Gasteiger partial charge in [0.05, 0.1) is 4.92 Å². The van der Waals surface area contributed by atoms with E-state index in [9.17, 15) is 18.9 Å². The van der Waals surface area contributed by atoms with Crippen molar-refractivity contribution in [1.29, 1.82) is 0 Å². The Bertz CT molecular complexity index is 345. The topological polar surface area (TPSA) is 56.0 Å². The molecular formula is C6H3BrF2N2O2. The lowest BCUT2D eigenvalue weighted by Crippen LogP contribution is -1.95. The molecule has 7 heteroatoms. The standard InChI is InChI=1S/C6H3BrF2N2O2/c7-3-2-10-4(6(8)9)1-5(3)11(12)13/h1-2,6H.